The molecule has 0 radical (unpaired) electrons. The number of nitrogens with one attached hydrogen (secondary N) is 1. The molecule has 1 aromatic heterocycles. The van der Waals surface area contributed by atoms with Crippen molar-refractivity contribution in [1.82, 2.24) is 10.3 Å². The Bertz CT molecular complexity index is 1360. The van der Waals surface area contributed by atoms with Crippen LogP contribution in [0, 0.1) is 6.92 Å². The molecule has 1 aliphatic heterocycles. The monoisotopic (exact) mass is 462 g/mol. The normalized spacial score (nSPS) is 17.3. The third-order valence-electron chi connectivity index (χ3n) is 7.35. The Balaban J connectivity index is 1.79. The molecule has 0 aliphatic carbocycles. The van der Waals surface area contributed by atoms with Gasteiger partial charge in [-0.1, -0.05) is 79.7 Å². The standard InChI is InChI=1S/C31H34N4/c1-5-31(24-18-12-9-13-19-24)21-32-30(34-31)27-26-22(4)15-14-20-25(26)33-28(23-16-10-8-11-17-23)29(27)35(6-2)7-3/h8-20H,5-7,21H2,1-4H3,(H,32,34). The lowest BCUT2D eigenvalue weighted by molar-refractivity contribution is 0.416. The zero-order valence-electron chi connectivity index (χ0n) is 21.2. The molecule has 4 aromatic rings. The molecule has 0 saturated carbocycles. The van der Waals surface area contributed by atoms with Crippen molar-refractivity contribution in [1.29, 1.82) is 0 Å². The van der Waals surface area contributed by atoms with Gasteiger partial charge in [0.1, 0.15) is 5.84 Å². The smallest absolute Gasteiger partial charge is 0.132 e. The van der Waals surface area contributed by atoms with E-state index in [-0.39, 0.29) is 5.54 Å². The molecule has 1 aliphatic rings. The predicted octanol–water partition coefficient (Wildman–Crippen LogP) is 6.71. The van der Waals surface area contributed by atoms with Crippen LogP contribution in [-0.2, 0) is 5.54 Å². The Morgan fingerprint density at radius 1 is 0.857 bits per heavy atom. The number of amidine groups is 1. The van der Waals surface area contributed by atoms with E-state index in [1.165, 1.54) is 22.1 Å². The summed E-state index contributed by atoms with van der Waals surface area (Å²) in [6.45, 7) is 11.4. The van der Waals surface area contributed by atoms with E-state index in [4.69, 9.17) is 9.98 Å². The first-order chi connectivity index (χ1) is 17.1. The van der Waals surface area contributed by atoms with Gasteiger partial charge in [-0.15, -0.1) is 0 Å². The van der Waals surface area contributed by atoms with Gasteiger partial charge in [0.25, 0.3) is 0 Å². The van der Waals surface area contributed by atoms with Gasteiger partial charge in [0, 0.05) is 24.0 Å². The number of rotatable bonds is 7. The molecular formula is C31H34N4. The van der Waals surface area contributed by atoms with E-state index in [1.54, 1.807) is 0 Å². The molecule has 0 spiro atoms. The first-order valence-electron chi connectivity index (χ1n) is 12.7. The average molecular weight is 463 g/mol. The number of hydrogen-bond acceptors (Lipinski definition) is 4. The molecule has 35 heavy (non-hydrogen) atoms. The summed E-state index contributed by atoms with van der Waals surface area (Å²) in [6, 6.07) is 27.7. The molecule has 1 N–H and O–H groups in total. The summed E-state index contributed by atoms with van der Waals surface area (Å²) in [5, 5.41) is 5.10. The number of aryl methyl sites for hydroxylation is 1. The van der Waals surface area contributed by atoms with Gasteiger partial charge in [0.2, 0.25) is 0 Å². The number of hydrogen-bond donors (Lipinski definition) is 1. The number of fused-ring (bicyclic) bond motifs is 1. The third-order valence-corrected chi connectivity index (χ3v) is 7.35. The Kier molecular flexibility index (Phi) is 6.29. The van der Waals surface area contributed by atoms with Crippen LogP contribution in [0.3, 0.4) is 0 Å². The number of nitrogens with zero attached hydrogens (tertiary/aromatic N) is 3. The first kappa shape index (κ1) is 23.1. The second kappa shape index (κ2) is 9.53. The summed E-state index contributed by atoms with van der Waals surface area (Å²) >= 11 is 0. The van der Waals surface area contributed by atoms with Crippen molar-refractivity contribution in [3.63, 3.8) is 0 Å². The van der Waals surface area contributed by atoms with Gasteiger partial charge in [-0.05, 0) is 44.4 Å². The maximum atomic E-state index is 5.25. The van der Waals surface area contributed by atoms with Crippen molar-refractivity contribution >= 4 is 22.4 Å². The summed E-state index contributed by atoms with van der Waals surface area (Å²) in [4.78, 5) is 12.9. The van der Waals surface area contributed by atoms with Crippen molar-refractivity contribution in [2.75, 3.05) is 24.5 Å². The van der Waals surface area contributed by atoms with Crippen molar-refractivity contribution in [2.45, 2.75) is 39.7 Å². The van der Waals surface area contributed by atoms with Crippen LogP contribution in [0.25, 0.3) is 22.2 Å². The van der Waals surface area contributed by atoms with E-state index in [1.807, 2.05) is 0 Å². The molecule has 0 saturated heterocycles. The molecule has 4 heteroatoms. The number of benzene rings is 3. The highest BCUT2D eigenvalue weighted by atomic mass is 15.2. The van der Waals surface area contributed by atoms with Gasteiger partial charge in [-0.3, -0.25) is 4.99 Å². The highest BCUT2D eigenvalue weighted by Gasteiger charge is 2.38. The molecule has 0 fully saturated rings. The van der Waals surface area contributed by atoms with Crippen molar-refractivity contribution < 1.29 is 0 Å². The summed E-state index contributed by atoms with van der Waals surface area (Å²) < 4.78 is 0. The Morgan fingerprint density at radius 3 is 2.20 bits per heavy atom. The second-order valence-electron chi connectivity index (χ2n) is 9.28. The largest absolute Gasteiger partial charge is 0.370 e. The zero-order chi connectivity index (χ0) is 24.4. The van der Waals surface area contributed by atoms with Crippen LogP contribution in [0.1, 0.15) is 43.9 Å². The molecule has 2 heterocycles. The van der Waals surface area contributed by atoms with Crippen LogP contribution >= 0.6 is 0 Å². The zero-order valence-corrected chi connectivity index (χ0v) is 21.2. The lowest BCUT2D eigenvalue weighted by atomic mass is 9.87. The minimum Gasteiger partial charge on any atom is -0.370 e. The van der Waals surface area contributed by atoms with Crippen LogP contribution in [0.4, 0.5) is 5.69 Å². The molecular weight excluding hydrogens is 428 g/mol. The van der Waals surface area contributed by atoms with E-state index in [2.05, 4.69) is 117 Å². The fourth-order valence-electron chi connectivity index (χ4n) is 5.34. The van der Waals surface area contributed by atoms with Crippen LogP contribution in [0.2, 0.25) is 0 Å². The summed E-state index contributed by atoms with van der Waals surface area (Å²) in [7, 11) is 0. The molecule has 4 nitrogen and oxygen atoms in total. The van der Waals surface area contributed by atoms with Gasteiger partial charge in [-0.25, -0.2) is 4.98 Å². The fourth-order valence-corrected chi connectivity index (χ4v) is 5.34. The molecule has 178 valence electrons. The number of anilines is 1. The quantitative estimate of drug-likeness (QED) is 0.332. The average Bonchev–Trinajstić information content (AvgIpc) is 3.36. The van der Waals surface area contributed by atoms with Crippen LogP contribution in [-0.4, -0.2) is 30.5 Å². The lowest BCUT2D eigenvalue weighted by Gasteiger charge is -2.32. The minimum absolute atomic E-state index is 0.206. The maximum Gasteiger partial charge on any atom is 0.132 e. The number of pyridine rings is 1. The molecule has 1 unspecified atom stereocenters. The van der Waals surface area contributed by atoms with E-state index in [0.29, 0.717) is 0 Å². The van der Waals surface area contributed by atoms with E-state index >= 15 is 0 Å². The Morgan fingerprint density at radius 2 is 1.54 bits per heavy atom. The summed E-state index contributed by atoms with van der Waals surface area (Å²) in [5.74, 6) is 0.969. The first-order valence-corrected chi connectivity index (χ1v) is 12.7. The lowest BCUT2D eigenvalue weighted by Crippen LogP contribution is -2.43. The van der Waals surface area contributed by atoms with Gasteiger partial charge in [-0.2, -0.15) is 0 Å². The van der Waals surface area contributed by atoms with Crippen LogP contribution in [0.15, 0.2) is 83.9 Å². The molecule has 3 aromatic carbocycles. The van der Waals surface area contributed by atoms with Gasteiger partial charge in [0.05, 0.1) is 34.5 Å². The molecule has 1 atom stereocenters. The SMILES string of the molecule is CCN(CC)c1c(-c2ccccc2)nc2cccc(C)c2c1C1=NCC(CC)(c2ccccc2)N1. The van der Waals surface area contributed by atoms with Crippen molar-refractivity contribution in [3.8, 4) is 11.3 Å². The Hall–Kier alpha value is -3.66. The van der Waals surface area contributed by atoms with Gasteiger partial charge in [0.15, 0.2) is 0 Å². The number of aliphatic imine (C=N–C) groups is 1. The predicted molar refractivity (Wildman–Crippen MR) is 148 cm³/mol. The highest BCUT2D eigenvalue weighted by Crippen LogP contribution is 2.40. The van der Waals surface area contributed by atoms with Crippen molar-refractivity contribution in [3.05, 3.63) is 95.6 Å². The molecule has 0 bridgehead atoms. The number of aromatic nitrogens is 1. The van der Waals surface area contributed by atoms with Gasteiger partial charge >= 0.3 is 0 Å². The maximum absolute atomic E-state index is 5.25. The molecule has 5 rings (SSSR count). The second-order valence-corrected chi connectivity index (χ2v) is 9.28. The Labute approximate surface area is 208 Å². The van der Waals surface area contributed by atoms with Crippen LogP contribution in [0.5, 0.6) is 0 Å². The fraction of sp³-hybridized carbons (Fsp3) is 0.290. The summed E-state index contributed by atoms with van der Waals surface area (Å²) in [5.41, 5.74) is 7.77. The van der Waals surface area contributed by atoms with Crippen LogP contribution < -0.4 is 10.2 Å². The highest BCUT2D eigenvalue weighted by molar-refractivity contribution is 6.17. The van der Waals surface area contributed by atoms with Crippen molar-refractivity contribution in [2.24, 2.45) is 4.99 Å². The van der Waals surface area contributed by atoms with Gasteiger partial charge < -0.3 is 10.2 Å². The molecule has 0 amide bonds. The van der Waals surface area contributed by atoms with E-state index < -0.39 is 0 Å². The van der Waals surface area contributed by atoms with E-state index in [9.17, 15) is 0 Å². The summed E-state index contributed by atoms with van der Waals surface area (Å²) in [6.07, 6.45) is 0.957. The third kappa shape index (κ3) is 3.97. The van der Waals surface area contributed by atoms with E-state index in [0.717, 1.165) is 54.4 Å². The minimum atomic E-state index is -0.206. The topological polar surface area (TPSA) is 40.5 Å².